The highest BCUT2D eigenvalue weighted by Gasteiger charge is 2.09. The van der Waals surface area contributed by atoms with Crippen molar-refractivity contribution < 1.29 is 0 Å². The first kappa shape index (κ1) is 16.8. The van der Waals surface area contributed by atoms with Crippen molar-refractivity contribution in [3.8, 4) is 11.3 Å². The van der Waals surface area contributed by atoms with Gasteiger partial charge in [0.25, 0.3) is 0 Å². The maximum Gasteiger partial charge on any atom is 0.209 e. The fraction of sp³-hybridized carbons (Fsp3) is 0.150. The van der Waals surface area contributed by atoms with E-state index in [0.29, 0.717) is 18.8 Å². The zero-order chi connectivity index (χ0) is 18.6. The molecule has 1 aromatic carbocycles. The molecule has 3 heterocycles. The highest BCUT2D eigenvalue weighted by atomic mass is 15.2. The van der Waals surface area contributed by atoms with Crippen LogP contribution in [0.4, 0.5) is 17.5 Å². The van der Waals surface area contributed by atoms with Gasteiger partial charge in [0, 0.05) is 37.1 Å². The van der Waals surface area contributed by atoms with Gasteiger partial charge in [-0.3, -0.25) is 4.40 Å². The number of aromatic nitrogens is 4. The molecule has 0 radical (unpaired) electrons. The van der Waals surface area contributed by atoms with E-state index in [2.05, 4.69) is 39.7 Å². The highest BCUT2D eigenvalue weighted by molar-refractivity contribution is 5.68. The Labute approximate surface area is 157 Å². The fourth-order valence-electron chi connectivity index (χ4n) is 2.92. The second kappa shape index (κ2) is 7.33. The van der Waals surface area contributed by atoms with Crippen LogP contribution in [0, 0.1) is 6.92 Å². The zero-order valence-corrected chi connectivity index (χ0v) is 15.1. The second-order valence-corrected chi connectivity index (χ2v) is 6.27. The van der Waals surface area contributed by atoms with Crippen LogP contribution in [0.25, 0.3) is 16.9 Å². The Bertz CT molecular complexity index is 1050. The normalized spacial score (nSPS) is 10.9. The lowest BCUT2D eigenvalue weighted by atomic mass is 10.1. The number of nitrogens with zero attached hydrogens (tertiary/aromatic N) is 4. The molecule has 4 aromatic rings. The van der Waals surface area contributed by atoms with Crippen LogP contribution in [-0.2, 0) is 0 Å². The number of nitrogen functional groups attached to an aromatic ring is 1. The van der Waals surface area contributed by atoms with Crippen LogP contribution in [-0.4, -0.2) is 32.4 Å². The van der Waals surface area contributed by atoms with Gasteiger partial charge in [-0.25, -0.2) is 15.0 Å². The molecule has 0 spiro atoms. The van der Waals surface area contributed by atoms with Gasteiger partial charge in [0.1, 0.15) is 11.5 Å². The number of anilines is 3. The largest absolute Gasteiger partial charge is 0.397 e. The van der Waals surface area contributed by atoms with E-state index in [1.807, 2.05) is 40.9 Å². The summed E-state index contributed by atoms with van der Waals surface area (Å²) < 4.78 is 1.95. The number of rotatable bonds is 6. The lowest BCUT2D eigenvalue weighted by Gasteiger charge is -2.12. The van der Waals surface area contributed by atoms with Crippen LogP contribution in [0.5, 0.6) is 0 Å². The molecule has 136 valence electrons. The van der Waals surface area contributed by atoms with E-state index in [9.17, 15) is 0 Å². The molecule has 3 aromatic heterocycles. The monoisotopic (exact) mass is 359 g/mol. The maximum atomic E-state index is 5.65. The van der Waals surface area contributed by atoms with Crippen molar-refractivity contribution in [2.45, 2.75) is 6.92 Å². The number of fused-ring (bicyclic) bond motifs is 1. The number of nitrogens with one attached hydrogen (secondary N) is 2. The van der Waals surface area contributed by atoms with E-state index in [1.54, 1.807) is 12.4 Å². The summed E-state index contributed by atoms with van der Waals surface area (Å²) in [7, 11) is 0. The predicted molar refractivity (Wildman–Crippen MR) is 109 cm³/mol. The number of pyridine rings is 1. The van der Waals surface area contributed by atoms with Crippen LogP contribution < -0.4 is 16.4 Å². The van der Waals surface area contributed by atoms with E-state index in [-0.39, 0.29) is 0 Å². The molecule has 7 heteroatoms. The predicted octanol–water partition coefficient (Wildman–Crippen LogP) is 3.21. The van der Waals surface area contributed by atoms with Crippen molar-refractivity contribution in [3.05, 3.63) is 66.6 Å². The number of imidazole rings is 1. The summed E-state index contributed by atoms with van der Waals surface area (Å²) in [6.45, 7) is 3.47. The third kappa shape index (κ3) is 3.67. The summed E-state index contributed by atoms with van der Waals surface area (Å²) in [5, 5.41) is 6.64. The van der Waals surface area contributed by atoms with E-state index >= 15 is 0 Å². The van der Waals surface area contributed by atoms with Crippen molar-refractivity contribution in [3.63, 3.8) is 0 Å². The molecule has 0 atom stereocenters. The van der Waals surface area contributed by atoms with Crippen molar-refractivity contribution in [2.75, 3.05) is 29.5 Å². The average molecular weight is 359 g/mol. The Morgan fingerprint density at radius 1 is 1.04 bits per heavy atom. The van der Waals surface area contributed by atoms with E-state index in [4.69, 9.17) is 10.7 Å². The number of aryl methyl sites for hydroxylation is 1. The van der Waals surface area contributed by atoms with Gasteiger partial charge < -0.3 is 16.4 Å². The summed E-state index contributed by atoms with van der Waals surface area (Å²) >= 11 is 0. The number of benzene rings is 1. The Morgan fingerprint density at radius 2 is 1.89 bits per heavy atom. The number of hydrogen-bond acceptors (Lipinski definition) is 6. The SMILES string of the molecule is Cc1ccccc1-c1cc2nccn2c(NCCNc2ccc(N)cn2)n1. The zero-order valence-electron chi connectivity index (χ0n) is 15.1. The summed E-state index contributed by atoms with van der Waals surface area (Å²) in [4.78, 5) is 13.5. The second-order valence-electron chi connectivity index (χ2n) is 6.27. The molecule has 0 aliphatic rings. The molecule has 0 amide bonds. The van der Waals surface area contributed by atoms with Gasteiger partial charge in [-0.1, -0.05) is 24.3 Å². The lowest BCUT2D eigenvalue weighted by Crippen LogP contribution is -2.17. The summed E-state index contributed by atoms with van der Waals surface area (Å²) in [6, 6.07) is 13.9. The minimum absolute atomic E-state index is 0.651. The van der Waals surface area contributed by atoms with Crippen LogP contribution in [0.3, 0.4) is 0 Å². The van der Waals surface area contributed by atoms with Crippen molar-refractivity contribution in [1.29, 1.82) is 0 Å². The van der Waals surface area contributed by atoms with E-state index in [1.165, 1.54) is 5.56 Å². The van der Waals surface area contributed by atoms with Gasteiger partial charge in [-0.05, 0) is 24.6 Å². The summed E-state index contributed by atoms with van der Waals surface area (Å²) in [6.07, 6.45) is 5.32. The Morgan fingerprint density at radius 3 is 2.70 bits per heavy atom. The first-order valence-corrected chi connectivity index (χ1v) is 8.80. The molecule has 0 unspecified atom stereocenters. The topological polar surface area (TPSA) is 93.2 Å². The molecule has 7 nitrogen and oxygen atoms in total. The van der Waals surface area contributed by atoms with Gasteiger partial charge in [-0.15, -0.1) is 0 Å². The van der Waals surface area contributed by atoms with Gasteiger partial charge >= 0.3 is 0 Å². The molecule has 0 fully saturated rings. The molecular formula is C20H21N7. The molecule has 0 saturated heterocycles. The average Bonchev–Trinajstić information content (AvgIpc) is 3.15. The Hall–Kier alpha value is -3.61. The number of nitrogens with two attached hydrogens (primary N) is 1. The third-order valence-electron chi connectivity index (χ3n) is 4.31. The van der Waals surface area contributed by atoms with Crippen LogP contribution in [0.15, 0.2) is 61.1 Å². The number of hydrogen-bond donors (Lipinski definition) is 3. The standard InChI is InChI=1S/C20H21N7/c1-14-4-2-3-5-16(14)17-12-19-23-10-11-27(19)20(26-17)24-9-8-22-18-7-6-15(21)13-25-18/h2-7,10-13H,8-9,21H2,1H3,(H,22,25)(H,24,26). The van der Waals surface area contributed by atoms with E-state index in [0.717, 1.165) is 28.7 Å². The molecular weight excluding hydrogens is 338 g/mol. The van der Waals surface area contributed by atoms with Gasteiger partial charge in [-0.2, -0.15) is 0 Å². The maximum absolute atomic E-state index is 5.65. The molecule has 0 aliphatic carbocycles. The summed E-state index contributed by atoms with van der Waals surface area (Å²) in [5.74, 6) is 1.55. The van der Waals surface area contributed by atoms with Gasteiger partial charge in [0.15, 0.2) is 0 Å². The Kier molecular flexibility index (Phi) is 4.57. The molecule has 27 heavy (non-hydrogen) atoms. The van der Waals surface area contributed by atoms with Crippen molar-refractivity contribution in [1.82, 2.24) is 19.4 Å². The minimum atomic E-state index is 0.651. The molecule has 4 rings (SSSR count). The highest BCUT2D eigenvalue weighted by Crippen LogP contribution is 2.24. The smallest absolute Gasteiger partial charge is 0.209 e. The van der Waals surface area contributed by atoms with Gasteiger partial charge in [0.05, 0.1) is 17.6 Å². The van der Waals surface area contributed by atoms with Crippen LogP contribution in [0.1, 0.15) is 5.56 Å². The molecule has 0 aliphatic heterocycles. The summed E-state index contributed by atoms with van der Waals surface area (Å²) in [5.41, 5.74) is 10.4. The minimum Gasteiger partial charge on any atom is -0.397 e. The third-order valence-corrected chi connectivity index (χ3v) is 4.31. The fourth-order valence-corrected chi connectivity index (χ4v) is 2.92. The van der Waals surface area contributed by atoms with Crippen LogP contribution in [0.2, 0.25) is 0 Å². The first-order chi connectivity index (χ1) is 13.2. The Balaban J connectivity index is 1.51. The van der Waals surface area contributed by atoms with Crippen molar-refractivity contribution >= 4 is 23.1 Å². The van der Waals surface area contributed by atoms with Crippen molar-refractivity contribution in [2.24, 2.45) is 0 Å². The molecule has 4 N–H and O–H groups in total. The van der Waals surface area contributed by atoms with Gasteiger partial charge in [0.2, 0.25) is 5.95 Å². The first-order valence-electron chi connectivity index (χ1n) is 8.80. The quantitative estimate of drug-likeness (QED) is 0.458. The van der Waals surface area contributed by atoms with E-state index < -0.39 is 0 Å². The van der Waals surface area contributed by atoms with Crippen LogP contribution >= 0.6 is 0 Å². The lowest BCUT2D eigenvalue weighted by molar-refractivity contribution is 0.995. The molecule has 0 saturated carbocycles. The molecule has 0 bridgehead atoms.